The van der Waals surface area contributed by atoms with Crippen LogP contribution in [0.4, 0.5) is 0 Å². The van der Waals surface area contributed by atoms with E-state index in [4.69, 9.17) is 14.9 Å². The molecule has 1 N–H and O–H groups in total. The minimum absolute atomic E-state index is 0.331. The molecule has 21 heavy (non-hydrogen) atoms. The van der Waals surface area contributed by atoms with Crippen LogP contribution in [0.3, 0.4) is 0 Å². The summed E-state index contributed by atoms with van der Waals surface area (Å²) >= 11 is 0. The molecule has 2 saturated heterocycles. The molecule has 0 radical (unpaired) electrons. The zero-order valence-electron chi connectivity index (χ0n) is 12.4. The van der Waals surface area contributed by atoms with Crippen LogP contribution >= 0.6 is 0 Å². The van der Waals surface area contributed by atoms with Gasteiger partial charge in [0.1, 0.15) is 0 Å². The molecule has 0 aromatic rings. The molecule has 2 aliphatic rings. The predicted octanol–water partition coefficient (Wildman–Crippen LogP) is 2.48. The lowest BCUT2D eigenvalue weighted by atomic mass is 9.54. The Hall–Kier alpha value is -2.10. The van der Waals surface area contributed by atoms with Crippen molar-refractivity contribution in [1.29, 1.82) is 21.2 Å². The number of unbranched alkanes of at least 4 members (excludes halogenated alkanes) is 1. The fraction of sp³-hybridized carbons (Fsp3) is 0.733. The third-order valence-corrected chi connectivity index (χ3v) is 4.93. The van der Waals surface area contributed by atoms with Crippen molar-refractivity contribution in [3.63, 3.8) is 0 Å². The second kappa shape index (κ2) is 4.72. The number of hydrogen-bond donors (Lipinski definition) is 1. The smallest absolute Gasteiger partial charge is 0.214 e. The largest absolute Gasteiger partial charge is 0.448 e. The maximum atomic E-state index is 9.74. The van der Waals surface area contributed by atoms with Crippen LogP contribution in [0.25, 0.3) is 0 Å². The highest BCUT2D eigenvalue weighted by Gasteiger charge is 2.77. The van der Waals surface area contributed by atoms with E-state index in [0.717, 1.165) is 12.8 Å². The van der Waals surface area contributed by atoms with Gasteiger partial charge in [0.25, 0.3) is 0 Å². The summed E-state index contributed by atoms with van der Waals surface area (Å²) < 4.78 is 11.4. The Labute approximate surface area is 124 Å². The third-order valence-electron chi connectivity index (χ3n) is 4.93. The second-order valence-corrected chi connectivity index (χ2v) is 5.87. The number of nitrogens with one attached hydrogen (secondary N) is 1. The SMILES string of the molecule is CCCCC1OC2(C)OC(=N)C(C#N)(C2C)C1(C#N)C#N. The zero-order valence-corrected chi connectivity index (χ0v) is 12.4. The van der Waals surface area contributed by atoms with Gasteiger partial charge in [-0.2, -0.15) is 15.8 Å². The van der Waals surface area contributed by atoms with Crippen LogP contribution in [0.15, 0.2) is 0 Å². The first kappa shape index (κ1) is 15.3. The molecule has 0 aromatic carbocycles. The van der Waals surface area contributed by atoms with Gasteiger partial charge in [0.15, 0.2) is 10.8 Å². The number of rotatable bonds is 3. The first-order valence-corrected chi connectivity index (χ1v) is 7.08. The van der Waals surface area contributed by atoms with Crippen molar-refractivity contribution in [1.82, 2.24) is 0 Å². The molecule has 0 aromatic heterocycles. The van der Waals surface area contributed by atoms with E-state index in [1.165, 1.54) is 0 Å². The van der Waals surface area contributed by atoms with Crippen LogP contribution in [0.1, 0.15) is 40.0 Å². The quantitative estimate of drug-likeness (QED) is 0.856. The molecule has 2 aliphatic heterocycles. The van der Waals surface area contributed by atoms with Gasteiger partial charge < -0.3 is 9.47 Å². The molecule has 0 amide bonds. The van der Waals surface area contributed by atoms with E-state index in [1.807, 2.05) is 19.1 Å². The lowest BCUT2D eigenvalue weighted by Crippen LogP contribution is -2.61. The van der Waals surface area contributed by atoms with Crippen molar-refractivity contribution in [2.75, 3.05) is 0 Å². The summed E-state index contributed by atoms with van der Waals surface area (Å²) in [4.78, 5) is 0. The van der Waals surface area contributed by atoms with Crippen molar-refractivity contribution in [3.05, 3.63) is 0 Å². The van der Waals surface area contributed by atoms with Crippen LogP contribution < -0.4 is 0 Å². The topological polar surface area (TPSA) is 114 Å². The third kappa shape index (κ3) is 1.56. The molecule has 2 heterocycles. The number of ether oxygens (including phenoxy) is 2. The Kier molecular flexibility index (Phi) is 3.44. The second-order valence-electron chi connectivity index (χ2n) is 5.87. The van der Waals surface area contributed by atoms with E-state index in [9.17, 15) is 15.8 Å². The molecule has 6 nitrogen and oxygen atoms in total. The van der Waals surface area contributed by atoms with Gasteiger partial charge in [0, 0.05) is 6.92 Å². The first-order valence-electron chi connectivity index (χ1n) is 7.08. The van der Waals surface area contributed by atoms with Gasteiger partial charge in [-0.05, 0) is 6.42 Å². The van der Waals surface area contributed by atoms with E-state index in [2.05, 4.69) is 6.07 Å². The van der Waals surface area contributed by atoms with Crippen LogP contribution in [-0.2, 0) is 9.47 Å². The summed E-state index contributed by atoms with van der Waals surface area (Å²) in [5, 5.41) is 37.2. The Balaban J connectivity index is 2.66. The average molecular weight is 286 g/mol. The van der Waals surface area contributed by atoms with Gasteiger partial charge in [0.2, 0.25) is 11.7 Å². The maximum absolute atomic E-state index is 9.74. The van der Waals surface area contributed by atoms with Crippen molar-refractivity contribution < 1.29 is 9.47 Å². The van der Waals surface area contributed by atoms with Crippen molar-refractivity contribution in [3.8, 4) is 18.2 Å². The minimum Gasteiger partial charge on any atom is -0.448 e. The highest BCUT2D eigenvalue weighted by Crippen LogP contribution is 2.62. The van der Waals surface area contributed by atoms with Gasteiger partial charge in [-0.25, -0.2) is 0 Å². The Morgan fingerprint density at radius 1 is 1.24 bits per heavy atom. The fourth-order valence-electron chi connectivity index (χ4n) is 3.48. The summed E-state index contributed by atoms with van der Waals surface area (Å²) in [5.41, 5.74) is -3.30. The van der Waals surface area contributed by atoms with Crippen molar-refractivity contribution >= 4 is 5.90 Å². The minimum atomic E-state index is -1.72. The van der Waals surface area contributed by atoms with E-state index in [0.29, 0.717) is 6.42 Å². The van der Waals surface area contributed by atoms with Crippen molar-refractivity contribution in [2.24, 2.45) is 16.7 Å². The lowest BCUT2D eigenvalue weighted by molar-refractivity contribution is -0.267. The lowest BCUT2D eigenvalue weighted by Gasteiger charge is -2.47. The maximum Gasteiger partial charge on any atom is 0.214 e. The fourth-order valence-corrected chi connectivity index (χ4v) is 3.48. The molecule has 4 atom stereocenters. The monoisotopic (exact) mass is 286 g/mol. The highest BCUT2D eigenvalue weighted by molar-refractivity contribution is 5.89. The molecule has 4 unspecified atom stereocenters. The summed E-state index contributed by atoms with van der Waals surface area (Å²) in [6, 6.07) is 6.05. The number of hydrogen-bond acceptors (Lipinski definition) is 6. The molecule has 0 spiro atoms. The van der Waals surface area contributed by atoms with Gasteiger partial charge in [0.05, 0.1) is 30.2 Å². The van der Waals surface area contributed by atoms with Crippen LogP contribution in [-0.4, -0.2) is 17.8 Å². The molecule has 110 valence electrons. The highest BCUT2D eigenvalue weighted by atomic mass is 16.7. The number of nitriles is 3. The summed E-state index contributed by atoms with van der Waals surface area (Å²) in [6.07, 6.45) is 1.41. The van der Waals surface area contributed by atoms with E-state index >= 15 is 0 Å². The van der Waals surface area contributed by atoms with Gasteiger partial charge in [-0.1, -0.05) is 26.7 Å². The molecule has 0 aliphatic carbocycles. The Bertz CT molecular complexity index is 582. The van der Waals surface area contributed by atoms with Crippen LogP contribution in [0.5, 0.6) is 0 Å². The summed E-state index contributed by atoms with van der Waals surface area (Å²) in [7, 11) is 0. The molecule has 2 bridgehead atoms. The number of nitrogens with zero attached hydrogens (tertiary/aromatic N) is 3. The molecule has 2 fully saturated rings. The molecule has 0 saturated carbocycles. The van der Waals surface area contributed by atoms with Crippen LogP contribution in [0, 0.1) is 56.2 Å². The normalized spacial score (nSPS) is 39.7. The molecular weight excluding hydrogens is 268 g/mol. The van der Waals surface area contributed by atoms with Gasteiger partial charge >= 0.3 is 0 Å². The summed E-state index contributed by atoms with van der Waals surface area (Å²) in [5.74, 6) is -2.04. The standard InChI is InChI=1S/C15H18N4O2/c1-4-5-6-11-14(7-16,8-17)15(9-18)10(2)13(3,20-11)21-12(15)19/h10-11,19H,4-6H2,1-3H3. The Morgan fingerprint density at radius 2 is 1.86 bits per heavy atom. The van der Waals surface area contributed by atoms with E-state index < -0.39 is 28.6 Å². The number of fused-ring (bicyclic) bond motifs is 2. The molecule has 2 rings (SSSR count). The van der Waals surface area contributed by atoms with Crippen LogP contribution in [0.2, 0.25) is 0 Å². The first-order chi connectivity index (χ1) is 9.88. The predicted molar refractivity (Wildman–Crippen MR) is 72.5 cm³/mol. The van der Waals surface area contributed by atoms with Gasteiger partial charge in [-0.3, -0.25) is 5.41 Å². The Morgan fingerprint density at radius 3 is 2.33 bits per heavy atom. The van der Waals surface area contributed by atoms with E-state index in [1.54, 1.807) is 13.8 Å². The molecular formula is C15H18N4O2. The zero-order chi connectivity index (χ0) is 15.9. The van der Waals surface area contributed by atoms with E-state index in [-0.39, 0.29) is 5.90 Å². The molecule has 6 heteroatoms. The average Bonchev–Trinajstić information content (AvgIpc) is 2.61. The van der Waals surface area contributed by atoms with Gasteiger partial charge in [-0.15, -0.1) is 0 Å². The van der Waals surface area contributed by atoms with Crippen molar-refractivity contribution in [2.45, 2.75) is 51.9 Å². The summed E-state index contributed by atoms with van der Waals surface area (Å²) in [6.45, 7) is 5.37.